The number of esters is 1. The molecule has 1 aromatic rings. The second-order valence-corrected chi connectivity index (χ2v) is 4.86. The molecule has 1 atom stereocenters. The maximum Gasteiger partial charge on any atom is 0.342 e. The molecule has 0 saturated heterocycles. The van der Waals surface area contributed by atoms with Gasteiger partial charge in [-0.1, -0.05) is 15.9 Å². The Labute approximate surface area is 113 Å². The van der Waals surface area contributed by atoms with Crippen LogP contribution in [-0.4, -0.2) is 42.1 Å². The van der Waals surface area contributed by atoms with Crippen molar-refractivity contribution in [1.29, 1.82) is 0 Å². The van der Waals surface area contributed by atoms with E-state index in [1.807, 2.05) is 0 Å². The number of aromatic hydroxyl groups is 1. The highest BCUT2D eigenvalue weighted by Gasteiger charge is 2.22. The number of rotatable bonds is 3. The number of halogens is 1. The minimum Gasteiger partial charge on any atom is -0.507 e. The van der Waals surface area contributed by atoms with E-state index in [2.05, 4.69) is 15.9 Å². The Kier molecular flexibility index (Phi) is 4.72. The molecule has 1 amide bonds. The minimum absolute atomic E-state index is 0.0165. The van der Waals surface area contributed by atoms with E-state index in [1.54, 1.807) is 20.2 Å². The molecule has 18 heavy (non-hydrogen) atoms. The molecule has 0 heterocycles. The lowest BCUT2D eigenvalue weighted by molar-refractivity contribution is -0.137. The molecule has 0 aliphatic carbocycles. The van der Waals surface area contributed by atoms with Crippen LogP contribution in [0.1, 0.15) is 17.3 Å². The van der Waals surface area contributed by atoms with Crippen molar-refractivity contribution in [2.45, 2.75) is 13.0 Å². The van der Waals surface area contributed by atoms with Crippen LogP contribution in [0.4, 0.5) is 0 Å². The largest absolute Gasteiger partial charge is 0.507 e. The molecule has 98 valence electrons. The molecule has 0 radical (unpaired) electrons. The van der Waals surface area contributed by atoms with Gasteiger partial charge in [0.05, 0.1) is 0 Å². The van der Waals surface area contributed by atoms with Gasteiger partial charge in [-0.3, -0.25) is 4.79 Å². The normalized spacial score (nSPS) is 11.8. The van der Waals surface area contributed by atoms with Gasteiger partial charge in [0.25, 0.3) is 5.91 Å². The summed E-state index contributed by atoms with van der Waals surface area (Å²) in [5, 5.41) is 9.55. The first-order valence-electron chi connectivity index (χ1n) is 5.23. The lowest BCUT2D eigenvalue weighted by Crippen LogP contribution is -2.34. The Morgan fingerprint density at radius 1 is 1.39 bits per heavy atom. The van der Waals surface area contributed by atoms with Crippen molar-refractivity contribution in [3.05, 3.63) is 28.2 Å². The van der Waals surface area contributed by atoms with Crippen LogP contribution in [0.15, 0.2) is 22.7 Å². The van der Waals surface area contributed by atoms with E-state index >= 15 is 0 Å². The van der Waals surface area contributed by atoms with E-state index in [9.17, 15) is 14.7 Å². The molecule has 1 N–H and O–H groups in total. The quantitative estimate of drug-likeness (QED) is 0.864. The van der Waals surface area contributed by atoms with E-state index < -0.39 is 12.1 Å². The standard InChI is InChI=1S/C12H14BrNO4/c1-7(11(16)14(2)3)18-12(17)9-6-8(13)4-5-10(9)15/h4-7,15H,1-3H3. The molecule has 0 aliphatic heterocycles. The zero-order valence-corrected chi connectivity index (χ0v) is 11.9. The molecule has 0 aliphatic rings. The number of nitrogens with zero attached hydrogens (tertiary/aromatic N) is 1. The van der Waals surface area contributed by atoms with Gasteiger partial charge in [-0.15, -0.1) is 0 Å². The number of hydrogen-bond acceptors (Lipinski definition) is 4. The van der Waals surface area contributed by atoms with Gasteiger partial charge in [0.2, 0.25) is 0 Å². The summed E-state index contributed by atoms with van der Waals surface area (Å²) < 4.78 is 5.62. The Hall–Kier alpha value is -1.56. The lowest BCUT2D eigenvalue weighted by Gasteiger charge is -2.17. The summed E-state index contributed by atoms with van der Waals surface area (Å²) in [7, 11) is 3.15. The third kappa shape index (κ3) is 3.46. The van der Waals surface area contributed by atoms with Crippen molar-refractivity contribution in [2.75, 3.05) is 14.1 Å². The number of phenolic OH excluding ortho intramolecular Hbond substituents is 1. The molecule has 6 heteroatoms. The highest BCUT2D eigenvalue weighted by atomic mass is 79.9. The number of ether oxygens (including phenoxy) is 1. The van der Waals surface area contributed by atoms with Gasteiger partial charge in [-0.05, 0) is 25.1 Å². The fourth-order valence-corrected chi connectivity index (χ4v) is 1.67. The van der Waals surface area contributed by atoms with Crippen molar-refractivity contribution in [3.8, 4) is 5.75 Å². The molecule has 1 unspecified atom stereocenters. The van der Waals surface area contributed by atoms with E-state index in [0.717, 1.165) is 0 Å². The zero-order chi connectivity index (χ0) is 13.9. The van der Waals surface area contributed by atoms with Crippen LogP contribution < -0.4 is 0 Å². The van der Waals surface area contributed by atoms with Crippen molar-refractivity contribution in [2.24, 2.45) is 0 Å². The molecular weight excluding hydrogens is 302 g/mol. The number of carbonyl (C=O) groups is 2. The Bertz CT molecular complexity index is 473. The molecule has 0 saturated carbocycles. The lowest BCUT2D eigenvalue weighted by atomic mass is 10.2. The summed E-state index contributed by atoms with van der Waals surface area (Å²) in [5.74, 6) is -1.25. The minimum atomic E-state index is -0.897. The predicted octanol–water partition coefficient (Wildman–Crippen LogP) is 1.79. The Morgan fingerprint density at radius 2 is 2.00 bits per heavy atom. The van der Waals surface area contributed by atoms with Crippen LogP contribution in [0, 0.1) is 0 Å². The van der Waals surface area contributed by atoms with Crippen LogP contribution in [0.2, 0.25) is 0 Å². The molecule has 1 rings (SSSR count). The third-order valence-corrected chi connectivity index (χ3v) is 2.74. The number of benzene rings is 1. The van der Waals surface area contributed by atoms with Gasteiger partial charge in [0.15, 0.2) is 6.10 Å². The first kappa shape index (κ1) is 14.5. The first-order valence-corrected chi connectivity index (χ1v) is 6.03. The van der Waals surface area contributed by atoms with E-state index in [-0.39, 0.29) is 17.2 Å². The molecule has 5 nitrogen and oxygen atoms in total. The molecule has 0 aromatic heterocycles. The number of phenols is 1. The van der Waals surface area contributed by atoms with Crippen molar-refractivity contribution in [3.63, 3.8) is 0 Å². The fourth-order valence-electron chi connectivity index (χ4n) is 1.31. The van der Waals surface area contributed by atoms with Crippen LogP contribution in [0.25, 0.3) is 0 Å². The Balaban J connectivity index is 2.83. The second kappa shape index (κ2) is 5.86. The van der Waals surface area contributed by atoms with Gasteiger partial charge in [0.1, 0.15) is 11.3 Å². The average molecular weight is 316 g/mol. The van der Waals surface area contributed by atoms with Crippen LogP contribution in [0.5, 0.6) is 5.75 Å². The topological polar surface area (TPSA) is 66.8 Å². The van der Waals surface area contributed by atoms with E-state index in [1.165, 1.54) is 24.0 Å². The number of carbonyl (C=O) groups excluding carboxylic acids is 2. The smallest absolute Gasteiger partial charge is 0.342 e. The number of likely N-dealkylation sites (N-methyl/N-ethyl adjacent to an activating group) is 1. The zero-order valence-electron chi connectivity index (χ0n) is 10.3. The number of hydrogen-bond donors (Lipinski definition) is 1. The number of amides is 1. The van der Waals surface area contributed by atoms with Crippen LogP contribution in [-0.2, 0) is 9.53 Å². The van der Waals surface area contributed by atoms with Crippen molar-refractivity contribution < 1.29 is 19.4 Å². The maximum atomic E-state index is 11.8. The van der Waals surface area contributed by atoms with Gasteiger partial charge in [0, 0.05) is 18.6 Å². The highest BCUT2D eigenvalue weighted by molar-refractivity contribution is 9.10. The summed E-state index contributed by atoms with van der Waals surface area (Å²) in [6.45, 7) is 1.48. The molecule has 0 bridgehead atoms. The fraction of sp³-hybridized carbons (Fsp3) is 0.333. The summed E-state index contributed by atoms with van der Waals surface area (Å²) in [6, 6.07) is 4.41. The average Bonchev–Trinajstić information content (AvgIpc) is 2.30. The van der Waals surface area contributed by atoms with E-state index in [0.29, 0.717) is 4.47 Å². The van der Waals surface area contributed by atoms with Gasteiger partial charge in [-0.25, -0.2) is 4.79 Å². The van der Waals surface area contributed by atoms with Gasteiger partial charge in [-0.2, -0.15) is 0 Å². The molecule has 0 fully saturated rings. The molecule has 1 aromatic carbocycles. The van der Waals surface area contributed by atoms with Crippen molar-refractivity contribution >= 4 is 27.8 Å². The highest BCUT2D eigenvalue weighted by Crippen LogP contribution is 2.23. The monoisotopic (exact) mass is 315 g/mol. The summed E-state index contributed by atoms with van der Waals surface area (Å²) >= 11 is 3.19. The maximum absolute atomic E-state index is 11.8. The molecule has 0 spiro atoms. The summed E-state index contributed by atoms with van der Waals surface area (Å²) in [5.41, 5.74) is 0.0165. The SMILES string of the molecule is CC(OC(=O)c1cc(Br)ccc1O)C(=O)N(C)C. The van der Waals surface area contributed by atoms with Crippen LogP contribution >= 0.6 is 15.9 Å². The summed E-state index contributed by atoms with van der Waals surface area (Å²) in [6.07, 6.45) is -0.897. The summed E-state index contributed by atoms with van der Waals surface area (Å²) in [4.78, 5) is 24.7. The Morgan fingerprint density at radius 3 is 2.56 bits per heavy atom. The second-order valence-electron chi connectivity index (χ2n) is 3.94. The van der Waals surface area contributed by atoms with Gasteiger partial charge < -0.3 is 14.7 Å². The first-order chi connectivity index (χ1) is 8.32. The molecular formula is C12H14BrNO4. The van der Waals surface area contributed by atoms with Crippen LogP contribution in [0.3, 0.4) is 0 Å². The van der Waals surface area contributed by atoms with Gasteiger partial charge >= 0.3 is 5.97 Å². The third-order valence-electron chi connectivity index (χ3n) is 2.25. The predicted molar refractivity (Wildman–Crippen MR) is 69.4 cm³/mol. The van der Waals surface area contributed by atoms with E-state index in [4.69, 9.17) is 4.74 Å². The van der Waals surface area contributed by atoms with Crippen molar-refractivity contribution in [1.82, 2.24) is 4.90 Å².